The van der Waals surface area contributed by atoms with Crippen molar-refractivity contribution >= 4 is 39.8 Å². The van der Waals surface area contributed by atoms with Crippen molar-refractivity contribution in [3.63, 3.8) is 0 Å². The summed E-state index contributed by atoms with van der Waals surface area (Å²) >= 11 is 6.85. The monoisotopic (exact) mass is 549 g/mol. The van der Waals surface area contributed by atoms with E-state index in [0.717, 1.165) is 42.5 Å². The summed E-state index contributed by atoms with van der Waals surface area (Å²) in [7, 11) is 0. The van der Waals surface area contributed by atoms with Crippen LogP contribution in [0.4, 0.5) is 10.1 Å². The summed E-state index contributed by atoms with van der Waals surface area (Å²) in [5.74, 6) is 0.658. The first-order valence-corrected chi connectivity index (χ1v) is 14.1. The fourth-order valence-electron chi connectivity index (χ4n) is 6.13. The zero-order valence-electron chi connectivity index (χ0n) is 22.1. The molecule has 1 unspecified atom stereocenters. The van der Waals surface area contributed by atoms with Crippen molar-refractivity contribution in [1.29, 1.82) is 0 Å². The number of fused-ring (bicyclic) bond motifs is 2. The van der Waals surface area contributed by atoms with Gasteiger partial charge >= 0.3 is 0 Å². The third-order valence-electron chi connectivity index (χ3n) is 8.05. The maximum absolute atomic E-state index is 16.7. The number of nitrogens with one attached hydrogen (secondary N) is 1. The highest BCUT2D eigenvalue weighted by atomic mass is 35.5. The van der Waals surface area contributed by atoms with Crippen LogP contribution in [0.25, 0.3) is 21.9 Å². The molecule has 1 atom stereocenters. The van der Waals surface area contributed by atoms with Crippen LogP contribution in [0.1, 0.15) is 25.3 Å². The molecule has 3 aliphatic rings. The second-order valence-corrected chi connectivity index (χ2v) is 11.0. The van der Waals surface area contributed by atoms with E-state index in [1.165, 1.54) is 0 Å². The Morgan fingerprint density at radius 2 is 1.95 bits per heavy atom. The maximum Gasteiger partial charge on any atom is 0.227 e. The highest BCUT2D eigenvalue weighted by Gasteiger charge is 2.34. The van der Waals surface area contributed by atoms with Crippen molar-refractivity contribution in [2.45, 2.75) is 19.8 Å². The Labute approximate surface area is 232 Å². The minimum absolute atomic E-state index is 0.0605. The molecule has 3 aromatic carbocycles. The normalized spacial score (nSPS) is 19.4. The Kier molecular flexibility index (Phi) is 7.08. The van der Waals surface area contributed by atoms with Gasteiger partial charge in [0.1, 0.15) is 18.3 Å². The van der Waals surface area contributed by atoms with E-state index in [2.05, 4.69) is 17.1 Å². The Morgan fingerprint density at radius 3 is 2.69 bits per heavy atom. The van der Waals surface area contributed by atoms with Gasteiger partial charge in [0.05, 0.1) is 16.6 Å². The van der Waals surface area contributed by atoms with Gasteiger partial charge in [0.15, 0.2) is 5.82 Å². The number of rotatable bonds is 4. The summed E-state index contributed by atoms with van der Waals surface area (Å²) in [5, 5.41) is 15.6. The van der Waals surface area contributed by atoms with Crippen molar-refractivity contribution < 1.29 is 14.3 Å². The summed E-state index contributed by atoms with van der Waals surface area (Å²) in [5.41, 5.74) is 2.00. The van der Waals surface area contributed by atoms with Crippen LogP contribution in [0.2, 0.25) is 5.02 Å². The van der Waals surface area contributed by atoms with Crippen LogP contribution in [-0.2, 0) is 4.79 Å². The van der Waals surface area contributed by atoms with E-state index in [1.54, 1.807) is 12.1 Å². The van der Waals surface area contributed by atoms with Gasteiger partial charge in [-0.3, -0.25) is 4.79 Å². The largest absolute Gasteiger partial charge is 0.508 e. The molecule has 9 heteroatoms. The molecule has 0 aromatic heterocycles. The number of amidine groups is 1. The summed E-state index contributed by atoms with van der Waals surface area (Å²) in [4.78, 5) is 23.9. The second-order valence-electron chi connectivity index (χ2n) is 10.5. The molecule has 0 radical (unpaired) electrons. The van der Waals surface area contributed by atoms with Crippen LogP contribution in [0, 0.1) is 11.7 Å². The lowest BCUT2D eigenvalue weighted by Crippen LogP contribution is -2.53. The van der Waals surface area contributed by atoms with Gasteiger partial charge in [0, 0.05) is 50.4 Å². The lowest BCUT2D eigenvalue weighted by Gasteiger charge is -2.40. The van der Waals surface area contributed by atoms with Gasteiger partial charge in [-0.15, -0.1) is 0 Å². The number of hydrogen-bond donors (Lipinski definition) is 2. The molecule has 3 heterocycles. The first-order valence-electron chi connectivity index (χ1n) is 13.7. The number of anilines is 1. The van der Waals surface area contributed by atoms with Gasteiger partial charge in [-0.1, -0.05) is 42.8 Å². The minimum atomic E-state index is -0.406. The predicted octanol–water partition coefficient (Wildman–Crippen LogP) is 4.69. The van der Waals surface area contributed by atoms with Crippen LogP contribution in [0.3, 0.4) is 0 Å². The van der Waals surface area contributed by atoms with Crippen LogP contribution >= 0.6 is 11.6 Å². The fraction of sp³-hybridized carbons (Fsp3) is 0.400. The van der Waals surface area contributed by atoms with Crippen molar-refractivity contribution in [2.75, 3.05) is 57.4 Å². The number of carbonyl (C=O) groups excluding carboxylic acids is 1. The molecule has 204 valence electrons. The molecule has 7 nitrogen and oxygen atoms in total. The van der Waals surface area contributed by atoms with E-state index in [0.29, 0.717) is 56.2 Å². The summed E-state index contributed by atoms with van der Waals surface area (Å²) < 4.78 is 16.7. The van der Waals surface area contributed by atoms with Crippen LogP contribution in [0.15, 0.2) is 47.5 Å². The maximum atomic E-state index is 16.7. The third kappa shape index (κ3) is 4.70. The number of hydrogen-bond acceptors (Lipinski definition) is 6. The molecule has 0 aliphatic carbocycles. The predicted molar refractivity (Wildman–Crippen MR) is 154 cm³/mol. The number of halogens is 2. The zero-order valence-corrected chi connectivity index (χ0v) is 22.8. The fourth-order valence-corrected chi connectivity index (χ4v) is 6.42. The van der Waals surface area contributed by atoms with Gasteiger partial charge in [-0.25, -0.2) is 9.38 Å². The smallest absolute Gasteiger partial charge is 0.227 e. The molecule has 3 aromatic rings. The van der Waals surface area contributed by atoms with Crippen molar-refractivity contribution in [3.8, 4) is 16.9 Å². The van der Waals surface area contributed by atoms with Crippen molar-refractivity contribution in [2.24, 2.45) is 10.9 Å². The summed E-state index contributed by atoms with van der Waals surface area (Å²) in [6, 6.07) is 12.7. The van der Waals surface area contributed by atoms with E-state index < -0.39 is 5.82 Å². The first-order chi connectivity index (χ1) is 19.0. The van der Waals surface area contributed by atoms with Gasteiger partial charge in [0.2, 0.25) is 5.91 Å². The quantitative estimate of drug-likeness (QED) is 0.494. The Morgan fingerprint density at radius 1 is 1.15 bits per heavy atom. The highest BCUT2D eigenvalue weighted by molar-refractivity contribution is 6.34. The number of nitrogens with zero attached hydrogens (tertiary/aromatic N) is 4. The number of carbonyl (C=O) groups is 1. The molecule has 2 saturated heterocycles. The molecule has 39 heavy (non-hydrogen) atoms. The topological polar surface area (TPSA) is 71.4 Å². The molecule has 0 spiro atoms. The molecule has 2 N–H and O–H groups in total. The lowest BCUT2D eigenvalue weighted by molar-refractivity contribution is -0.136. The number of aromatic hydroxyl groups is 1. The van der Waals surface area contributed by atoms with Gasteiger partial charge in [-0.2, -0.15) is 0 Å². The summed E-state index contributed by atoms with van der Waals surface area (Å²) in [6.45, 7) is 7.21. The van der Waals surface area contributed by atoms with Crippen LogP contribution < -0.4 is 10.2 Å². The molecule has 6 rings (SSSR count). The third-order valence-corrected chi connectivity index (χ3v) is 8.35. The highest BCUT2D eigenvalue weighted by Crippen LogP contribution is 2.44. The second kappa shape index (κ2) is 10.7. The molecule has 3 aliphatic heterocycles. The van der Waals surface area contributed by atoms with Gasteiger partial charge in [-0.05, 0) is 53.9 Å². The number of phenols is 1. The Hall–Kier alpha value is -3.36. The van der Waals surface area contributed by atoms with E-state index >= 15 is 4.39 Å². The van der Waals surface area contributed by atoms with Gasteiger partial charge in [0.25, 0.3) is 0 Å². The molecule has 1 amide bonds. The van der Waals surface area contributed by atoms with E-state index in [1.807, 2.05) is 40.1 Å². The van der Waals surface area contributed by atoms with Crippen molar-refractivity contribution in [1.82, 2.24) is 15.1 Å². The average Bonchev–Trinajstić information content (AvgIpc) is 3.48. The standard InChI is InChI=1S/C30H33ClFN5O2/c1-2-9-37-18-34-29(35-10-12-36(13-11-35)30(39)20-7-8-33-17-20)24-16-25(31)26(27(32)28(24)37)23-15-21(38)14-19-5-3-4-6-22(19)23/h3-6,14-16,20,33,38H,2,7-13,17-18H2,1H3. The molecule has 0 saturated carbocycles. The van der Waals surface area contributed by atoms with Crippen LogP contribution in [0.5, 0.6) is 5.75 Å². The lowest BCUT2D eigenvalue weighted by atomic mass is 9.94. The molecule has 2 fully saturated rings. The zero-order chi connectivity index (χ0) is 27.1. The van der Waals surface area contributed by atoms with E-state index in [9.17, 15) is 9.90 Å². The molecular formula is C30H33ClFN5O2. The first kappa shape index (κ1) is 25.9. The number of benzene rings is 3. The number of amides is 1. The molecule has 0 bridgehead atoms. The molecular weight excluding hydrogens is 517 g/mol. The Balaban J connectivity index is 1.37. The van der Waals surface area contributed by atoms with E-state index in [4.69, 9.17) is 16.6 Å². The average molecular weight is 550 g/mol. The Bertz CT molecular complexity index is 1450. The van der Waals surface area contributed by atoms with Crippen LogP contribution in [-0.4, -0.2) is 79.1 Å². The number of piperazine rings is 1. The van der Waals surface area contributed by atoms with E-state index in [-0.39, 0.29) is 28.2 Å². The minimum Gasteiger partial charge on any atom is -0.508 e. The number of aliphatic imine (C=N–C) groups is 1. The number of phenolic OH excluding ortho intramolecular Hbond substituents is 1. The SMILES string of the molecule is CCCN1CN=C(N2CCN(C(=O)C3CCNC3)CC2)c2cc(Cl)c(-c3cc(O)cc4ccccc34)c(F)c21. The summed E-state index contributed by atoms with van der Waals surface area (Å²) in [6.07, 6.45) is 1.73. The van der Waals surface area contributed by atoms with Crippen molar-refractivity contribution in [3.05, 3.63) is 58.9 Å². The van der Waals surface area contributed by atoms with Gasteiger partial charge < -0.3 is 25.1 Å².